The average molecular weight is 126 g/mol. The van der Waals surface area contributed by atoms with Crippen LogP contribution < -0.4 is 5.73 Å². The molecule has 0 aromatic carbocycles. The maximum atomic E-state index is 5.81. The number of fused-ring (bicyclic) bond motifs is 2. The molecule has 2 rings (SSSR count). The van der Waals surface area contributed by atoms with Gasteiger partial charge in [0.05, 0.1) is 0 Å². The molecule has 0 radical (unpaired) electrons. The van der Waals surface area contributed by atoms with Gasteiger partial charge in [-0.25, -0.2) is 0 Å². The lowest BCUT2D eigenvalue weighted by Crippen LogP contribution is -2.41. The molecule has 3 atom stereocenters. The topological polar surface area (TPSA) is 29.3 Å². The molecule has 2 nitrogen and oxygen atoms in total. The summed E-state index contributed by atoms with van der Waals surface area (Å²) in [6.45, 7) is 3.78. The first-order valence-corrected chi connectivity index (χ1v) is 3.82. The molecule has 2 aliphatic rings. The fraction of sp³-hybridized carbons (Fsp3) is 1.00. The summed E-state index contributed by atoms with van der Waals surface area (Å²) in [6, 6.07) is 0.478. The van der Waals surface area contributed by atoms with Crippen LogP contribution in [0.3, 0.4) is 0 Å². The monoisotopic (exact) mass is 126 g/mol. The quantitative estimate of drug-likeness (QED) is 0.496. The Morgan fingerprint density at radius 2 is 2.22 bits per heavy atom. The summed E-state index contributed by atoms with van der Waals surface area (Å²) in [7, 11) is 0. The third-order valence-electron chi connectivity index (χ3n) is 2.50. The lowest BCUT2D eigenvalue weighted by molar-refractivity contribution is 0.244. The van der Waals surface area contributed by atoms with Crippen LogP contribution in [0.5, 0.6) is 0 Å². The van der Waals surface area contributed by atoms with Crippen LogP contribution in [-0.4, -0.2) is 30.6 Å². The van der Waals surface area contributed by atoms with Gasteiger partial charge in [0, 0.05) is 19.1 Å². The van der Waals surface area contributed by atoms with Gasteiger partial charge in [-0.3, -0.25) is 0 Å². The zero-order chi connectivity index (χ0) is 6.27. The average Bonchev–Trinajstić information content (AvgIpc) is 2.11. The van der Waals surface area contributed by atoms with Gasteiger partial charge >= 0.3 is 0 Å². The molecule has 2 bridgehead atoms. The second-order valence-electron chi connectivity index (χ2n) is 3.41. The van der Waals surface area contributed by atoms with Crippen LogP contribution in [0.4, 0.5) is 0 Å². The van der Waals surface area contributed by atoms with E-state index in [2.05, 4.69) is 4.90 Å². The molecule has 0 saturated carbocycles. The summed E-state index contributed by atoms with van der Waals surface area (Å²) in [5.74, 6) is 0.939. The summed E-state index contributed by atoms with van der Waals surface area (Å²) in [4.78, 5) is 2.48. The molecule has 0 aromatic heterocycles. The molecular formula is C7H14N2. The van der Waals surface area contributed by atoms with E-state index >= 15 is 0 Å². The van der Waals surface area contributed by atoms with Gasteiger partial charge in [0.25, 0.3) is 0 Å². The Labute approximate surface area is 56.0 Å². The smallest absolute Gasteiger partial charge is 0.0170 e. The summed E-state index contributed by atoms with van der Waals surface area (Å²) < 4.78 is 0. The van der Waals surface area contributed by atoms with Crippen molar-refractivity contribution in [2.24, 2.45) is 11.7 Å². The van der Waals surface area contributed by atoms with E-state index in [1.807, 2.05) is 0 Å². The molecule has 2 aliphatic heterocycles. The maximum Gasteiger partial charge on any atom is 0.0170 e. The molecule has 0 aromatic rings. The van der Waals surface area contributed by atoms with Crippen molar-refractivity contribution in [3.05, 3.63) is 0 Å². The van der Waals surface area contributed by atoms with Crippen LogP contribution in [0.15, 0.2) is 0 Å². The van der Waals surface area contributed by atoms with Crippen molar-refractivity contribution in [2.45, 2.75) is 18.9 Å². The summed E-state index contributed by atoms with van der Waals surface area (Å²) >= 11 is 0. The van der Waals surface area contributed by atoms with E-state index in [0.717, 1.165) is 12.5 Å². The molecule has 9 heavy (non-hydrogen) atoms. The molecule has 0 aliphatic carbocycles. The highest BCUT2D eigenvalue weighted by molar-refractivity contribution is 4.86. The van der Waals surface area contributed by atoms with E-state index in [1.54, 1.807) is 0 Å². The van der Waals surface area contributed by atoms with E-state index in [4.69, 9.17) is 5.73 Å². The minimum absolute atomic E-state index is 0.478. The predicted octanol–water partition coefficient (Wildman–Crippen LogP) is 0.0393. The highest BCUT2D eigenvalue weighted by atomic mass is 15.2. The molecule has 2 heteroatoms. The zero-order valence-corrected chi connectivity index (χ0v) is 5.71. The number of hydrogen-bond donors (Lipinski definition) is 1. The minimum Gasteiger partial charge on any atom is -0.327 e. The fourth-order valence-corrected chi connectivity index (χ4v) is 2.11. The van der Waals surface area contributed by atoms with Gasteiger partial charge in [0.15, 0.2) is 0 Å². The molecule has 0 spiro atoms. The molecule has 2 saturated heterocycles. The molecule has 2 heterocycles. The Hall–Kier alpha value is -0.0800. The Morgan fingerprint density at radius 1 is 1.33 bits per heavy atom. The van der Waals surface area contributed by atoms with E-state index in [-0.39, 0.29) is 0 Å². The Bertz CT molecular complexity index is 101. The molecular weight excluding hydrogens is 112 g/mol. The van der Waals surface area contributed by atoms with Crippen LogP contribution in [0.2, 0.25) is 0 Å². The van der Waals surface area contributed by atoms with Crippen LogP contribution >= 0.6 is 0 Å². The van der Waals surface area contributed by atoms with Gasteiger partial charge < -0.3 is 10.6 Å². The SMILES string of the molecule is N[C@@H]1C[C@H]2CCN(C1)C2. The number of nitrogens with zero attached hydrogens (tertiary/aromatic N) is 1. The minimum atomic E-state index is 0.478. The Kier molecular flexibility index (Phi) is 1.24. The number of hydrogen-bond acceptors (Lipinski definition) is 2. The van der Waals surface area contributed by atoms with Gasteiger partial charge in [-0.15, -0.1) is 0 Å². The van der Waals surface area contributed by atoms with Crippen molar-refractivity contribution >= 4 is 0 Å². The largest absolute Gasteiger partial charge is 0.327 e. The third-order valence-corrected chi connectivity index (χ3v) is 2.50. The number of nitrogens with two attached hydrogens (primary N) is 1. The first kappa shape index (κ1) is 5.69. The first-order valence-electron chi connectivity index (χ1n) is 3.82. The third kappa shape index (κ3) is 0.970. The van der Waals surface area contributed by atoms with Crippen molar-refractivity contribution in [3.8, 4) is 0 Å². The maximum absolute atomic E-state index is 5.81. The second-order valence-corrected chi connectivity index (χ2v) is 3.41. The van der Waals surface area contributed by atoms with Gasteiger partial charge in [-0.05, 0) is 25.3 Å². The number of rotatable bonds is 0. The molecule has 0 amide bonds. The molecule has 2 N–H and O–H groups in total. The Morgan fingerprint density at radius 3 is 3.00 bits per heavy atom. The fourth-order valence-electron chi connectivity index (χ4n) is 2.11. The van der Waals surface area contributed by atoms with Gasteiger partial charge in [-0.1, -0.05) is 0 Å². The number of piperidine rings is 1. The molecule has 2 fully saturated rings. The summed E-state index contributed by atoms with van der Waals surface area (Å²) in [5.41, 5.74) is 5.81. The van der Waals surface area contributed by atoms with E-state index < -0.39 is 0 Å². The van der Waals surface area contributed by atoms with Crippen LogP contribution in [0.25, 0.3) is 0 Å². The zero-order valence-electron chi connectivity index (χ0n) is 5.71. The Balaban J connectivity index is 2.03. The van der Waals surface area contributed by atoms with Crippen molar-refractivity contribution in [1.82, 2.24) is 4.90 Å². The van der Waals surface area contributed by atoms with Gasteiger partial charge in [0.2, 0.25) is 0 Å². The van der Waals surface area contributed by atoms with E-state index in [0.29, 0.717) is 6.04 Å². The second kappa shape index (κ2) is 1.96. The lowest BCUT2D eigenvalue weighted by atomic mass is 9.98. The van der Waals surface area contributed by atoms with Gasteiger partial charge in [-0.2, -0.15) is 0 Å². The summed E-state index contributed by atoms with van der Waals surface area (Å²) in [6.07, 6.45) is 2.67. The normalized spacial score (nSPS) is 49.7. The standard InChI is InChI=1S/C7H14N2/c8-7-3-6-1-2-9(4-6)5-7/h6-7H,1-5,8H2/t6-,7-/m1/s1. The van der Waals surface area contributed by atoms with E-state index in [1.165, 1.54) is 25.9 Å². The summed E-state index contributed by atoms with van der Waals surface area (Å²) in [5, 5.41) is 0. The van der Waals surface area contributed by atoms with Crippen LogP contribution in [0.1, 0.15) is 12.8 Å². The lowest BCUT2D eigenvalue weighted by Gasteiger charge is -2.26. The molecule has 1 unspecified atom stereocenters. The first-order chi connectivity index (χ1) is 4.34. The highest BCUT2D eigenvalue weighted by Crippen LogP contribution is 2.25. The van der Waals surface area contributed by atoms with Crippen molar-refractivity contribution < 1.29 is 0 Å². The van der Waals surface area contributed by atoms with E-state index in [9.17, 15) is 0 Å². The van der Waals surface area contributed by atoms with Crippen molar-refractivity contribution in [1.29, 1.82) is 0 Å². The molecule has 52 valence electrons. The van der Waals surface area contributed by atoms with Crippen molar-refractivity contribution in [2.75, 3.05) is 19.6 Å². The van der Waals surface area contributed by atoms with Gasteiger partial charge in [0.1, 0.15) is 0 Å². The highest BCUT2D eigenvalue weighted by Gasteiger charge is 2.29. The predicted molar refractivity (Wildman–Crippen MR) is 37.1 cm³/mol. The van der Waals surface area contributed by atoms with Crippen LogP contribution in [-0.2, 0) is 0 Å². The van der Waals surface area contributed by atoms with Crippen LogP contribution in [0, 0.1) is 5.92 Å². The van der Waals surface area contributed by atoms with Crippen molar-refractivity contribution in [3.63, 3.8) is 0 Å².